The highest BCUT2D eigenvalue weighted by Crippen LogP contribution is 2.56. The molecule has 224 valence electrons. The minimum atomic E-state index is -0.341. The van der Waals surface area contributed by atoms with Gasteiger partial charge >= 0.3 is 5.97 Å². The lowest BCUT2D eigenvalue weighted by molar-refractivity contribution is 0.0306. The Hall–Kier alpha value is -3.38. The molecule has 0 aliphatic carbocycles. The highest BCUT2D eigenvalue weighted by atomic mass is 32.2. The number of aryl methyl sites for hydroxylation is 1. The molecule has 0 fully saturated rings. The fourth-order valence-corrected chi connectivity index (χ4v) is 9.95. The van der Waals surface area contributed by atoms with Crippen LogP contribution in [0.15, 0.2) is 166 Å². The van der Waals surface area contributed by atoms with Gasteiger partial charge in [0.2, 0.25) is 0 Å². The second-order valence-electron chi connectivity index (χ2n) is 10.8. The van der Waals surface area contributed by atoms with Gasteiger partial charge in [0, 0.05) is 14.7 Å². The minimum Gasteiger partial charge on any atom is -0.458 e. The quantitative estimate of drug-likeness (QED) is 0.0688. The monoisotopic (exact) mass is 634 g/mol. The van der Waals surface area contributed by atoms with Crippen LogP contribution in [0.2, 0.25) is 0 Å². The fraction of sp³-hybridized carbons (Fsp3) is 0.205. The van der Waals surface area contributed by atoms with E-state index in [0.29, 0.717) is 5.56 Å². The molecule has 2 nitrogen and oxygen atoms in total. The van der Waals surface area contributed by atoms with E-state index in [-0.39, 0.29) is 27.3 Å². The highest BCUT2D eigenvalue weighted by molar-refractivity contribution is 8.18. The SMILES string of the molecule is C[C@@H](OC(=O)c1ccccc1)[C@@H](Sc1ccccc1)[C@H](C)C(CCc1ccccc1)(Sc1ccccc1)Sc1ccccc1. The number of ether oxygens (including phenoxy) is 1. The van der Waals surface area contributed by atoms with E-state index < -0.39 is 0 Å². The van der Waals surface area contributed by atoms with Gasteiger partial charge in [-0.2, -0.15) is 0 Å². The molecule has 0 aliphatic heterocycles. The summed E-state index contributed by atoms with van der Waals surface area (Å²) in [5.41, 5.74) is 1.89. The van der Waals surface area contributed by atoms with Crippen LogP contribution >= 0.6 is 35.3 Å². The third kappa shape index (κ3) is 8.84. The van der Waals surface area contributed by atoms with Crippen LogP contribution in [-0.4, -0.2) is 21.4 Å². The van der Waals surface area contributed by atoms with E-state index >= 15 is 0 Å². The molecule has 5 rings (SSSR count). The van der Waals surface area contributed by atoms with Crippen molar-refractivity contribution in [2.75, 3.05) is 0 Å². The van der Waals surface area contributed by atoms with E-state index in [1.54, 1.807) is 0 Å². The second-order valence-corrected chi connectivity index (χ2v) is 15.1. The lowest BCUT2D eigenvalue weighted by atomic mass is 9.94. The van der Waals surface area contributed by atoms with E-state index in [0.717, 1.165) is 12.8 Å². The van der Waals surface area contributed by atoms with Gasteiger partial charge in [-0.3, -0.25) is 0 Å². The number of hydrogen-bond acceptors (Lipinski definition) is 5. The number of rotatable bonds is 14. The summed E-state index contributed by atoms with van der Waals surface area (Å²) in [4.78, 5) is 17.0. The van der Waals surface area contributed by atoms with Gasteiger partial charge in [0.15, 0.2) is 0 Å². The van der Waals surface area contributed by atoms with Crippen molar-refractivity contribution < 1.29 is 9.53 Å². The molecule has 0 aliphatic rings. The van der Waals surface area contributed by atoms with Crippen LogP contribution in [0.4, 0.5) is 0 Å². The molecule has 3 atom stereocenters. The maximum Gasteiger partial charge on any atom is 0.338 e. The van der Waals surface area contributed by atoms with Crippen molar-refractivity contribution in [2.45, 2.75) is 56.8 Å². The number of carbonyl (C=O) groups excluding carboxylic acids is 1. The number of hydrogen-bond donors (Lipinski definition) is 0. The molecule has 5 aromatic rings. The summed E-state index contributed by atoms with van der Waals surface area (Å²) in [5.74, 6) is -0.171. The Kier molecular flexibility index (Phi) is 11.7. The van der Waals surface area contributed by atoms with Crippen LogP contribution in [0, 0.1) is 5.92 Å². The van der Waals surface area contributed by atoms with Crippen LogP contribution in [0.5, 0.6) is 0 Å². The zero-order chi connectivity index (χ0) is 30.6. The standard InChI is InChI=1S/C39H38O2S3/c1-30(37(42-34-22-12-5-13-23-34)31(2)41-38(40)33-20-10-4-11-21-33)39(43-35-24-14-6-15-25-35,44-36-26-16-7-17-27-36)29-28-32-18-8-3-9-19-32/h3-27,30-31,37H,28-29H2,1-2H3/t30-,31+,37-/m0/s1. The molecule has 0 saturated heterocycles. The normalized spacial score (nSPS) is 13.5. The van der Waals surface area contributed by atoms with E-state index in [2.05, 4.69) is 129 Å². The molecule has 0 aromatic heterocycles. The Morgan fingerprint density at radius 1 is 0.614 bits per heavy atom. The predicted octanol–water partition coefficient (Wildman–Crippen LogP) is 10.9. The topological polar surface area (TPSA) is 26.3 Å². The first-order valence-electron chi connectivity index (χ1n) is 15.0. The minimum absolute atomic E-state index is 0.0201. The summed E-state index contributed by atoms with van der Waals surface area (Å²) in [7, 11) is 0. The smallest absolute Gasteiger partial charge is 0.338 e. The van der Waals surface area contributed by atoms with Gasteiger partial charge in [0.1, 0.15) is 6.10 Å². The van der Waals surface area contributed by atoms with E-state index in [1.807, 2.05) is 71.7 Å². The average Bonchev–Trinajstić information content (AvgIpc) is 3.08. The Morgan fingerprint density at radius 2 is 1.05 bits per heavy atom. The van der Waals surface area contributed by atoms with Crippen LogP contribution in [0.25, 0.3) is 0 Å². The van der Waals surface area contributed by atoms with Gasteiger partial charge in [-0.05, 0) is 79.8 Å². The summed E-state index contributed by atoms with van der Waals surface area (Å²) in [6.07, 6.45) is 1.53. The fourth-order valence-electron chi connectivity index (χ4n) is 5.26. The van der Waals surface area contributed by atoms with E-state index in [4.69, 9.17) is 4.74 Å². The Balaban J connectivity index is 1.56. The van der Waals surface area contributed by atoms with Gasteiger partial charge < -0.3 is 4.74 Å². The van der Waals surface area contributed by atoms with Crippen molar-refractivity contribution in [2.24, 2.45) is 5.92 Å². The van der Waals surface area contributed by atoms with Gasteiger partial charge in [0.05, 0.1) is 14.9 Å². The van der Waals surface area contributed by atoms with Crippen molar-refractivity contribution in [3.05, 3.63) is 163 Å². The lowest BCUT2D eigenvalue weighted by Crippen LogP contribution is -2.42. The molecule has 44 heavy (non-hydrogen) atoms. The molecule has 0 saturated carbocycles. The molecular weight excluding hydrogens is 597 g/mol. The molecule has 0 unspecified atom stereocenters. The molecule has 0 radical (unpaired) electrons. The summed E-state index contributed by atoms with van der Waals surface area (Å²) < 4.78 is 5.99. The Labute approximate surface area is 275 Å². The lowest BCUT2D eigenvalue weighted by Gasteiger charge is -2.43. The Morgan fingerprint density at radius 3 is 1.55 bits per heavy atom. The van der Waals surface area contributed by atoms with E-state index in [9.17, 15) is 4.79 Å². The van der Waals surface area contributed by atoms with Crippen LogP contribution in [0.3, 0.4) is 0 Å². The van der Waals surface area contributed by atoms with Gasteiger partial charge in [-0.25, -0.2) is 4.79 Å². The van der Waals surface area contributed by atoms with Crippen molar-refractivity contribution in [1.82, 2.24) is 0 Å². The molecule has 0 amide bonds. The summed E-state index contributed by atoms with van der Waals surface area (Å²) in [5, 5.41) is -0.0201. The molecule has 0 heterocycles. The van der Waals surface area contributed by atoms with Crippen LogP contribution in [0.1, 0.15) is 36.2 Å². The maximum absolute atomic E-state index is 13.3. The van der Waals surface area contributed by atoms with Crippen molar-refractivity contribution in [1.29, 1.82) is 0 Å². The van der Waals surface area contributed by atoms with Crippen molar-refractivity contribution in [3.63, 3.8) is 0 Å². The van der Waals surface area contributed by atoms with Gasteiger partial charge in [-0.1, -0.05) is 110 Å². The zero-order valence-electron chi connectivity index (χ0n) is 25.1. The summed E-state index contributed by atoms with van der Waals surface area (Å²) in [6, 6.07) is 52.0. The third-order valence-electron chi connectivity index (χ3n) is 7.64. The second kappa shape index (κ2) is 16.1. The number of thioether (sulfide) groups is 3. The molecule has 0 bridgehead atoms. The van der Waals surface area contributed by atoms with Gasteiger partial charge in [-0.15, -0.1) is 35.3 Å². The number of carbonyl (C=O) groups is 1. The van der Waals surface area contributed by atoms with Gasteiger partial charge in [0.25, 0.3) is 0 Å². The van der Waals surface area contributed by atoms with Crippen molar-refractivity contribution >= 4 is 41.3 Å². The first kappa shape index (κ1) is 32.0. The first-order valence-corrected chi connectivity index (χ1v) is 17.5. The molecule has 0 N–H and O–H groups in total. The average molecular weight is 635 g/mol. The molecule has 5 aromatic carbocycles. The first-order chi connectivity index (χ1) is 21.5. The summed E-state index contributed by atoms with van der Waals surface area (Å²) in [6.45, 7) is 4.41. The molecule has 0 spiro atoms. The number of esters is 1. The third-order valence-corrected chi connectivity index (χ3v) is 12.6. The molecular formula is C39H38O2S3. The summed E-state index contributed by atoms with van der Waals surface area (Å²) >= 11 is 5.69. The van der Waals surface area contributed by atoms with Crippen molar-refractivity contribution in [3.8, 4) is 0 Å². The highest BCUT2D eigenvalue weighted by Gasteiger charge is 2.45. The van der Waals surface area contributed by atoms with Crippen LogP contribution in [-0.2, 0) is 11.2 Å². The van der Waals surface area contributed by atoms with E-state index in [1.165, 1.54) is 20.2 Å². The zero-order valence-corrected chi connectivity index (χ0v) is 27.6. The largest absolute Gasteiger partial charge is 0.458 e. The predicted molar refractivity (Wildman–Crippen MR) is 189 cm³/mol. The maximum atomic E-state index is 13.3. The Bertz CT molecular complexity index is 1510. The van der Waals surface area contributed by atoms with Crippen LogP contribution < -0.4 is 0 Å². The molecule has 5 heteroatoms. The number of benzene rings is 5.